The first kappa shape index (κ1) is 83.1. The maximum absolute atomic E-state index is 12.5. The molecule has 39 nitrogen and oxygen atoms in total. The summed E-state index contributed by atoms with van der Waals surface area (Å²) in [4.78, 5) is 9.00. The predicted octanol–water partition coefficient (Wildman–Crippen LogP) is 4.46. The van der Waals surface area contributed by atoms with Crippen LogP contribution in [0.25, 0.3) is 31.3 Å². The van der Waals surface area contributed by atoms with Gasteiger partial charge in [0.15, 0.2) is 37.7 Å². The highest BCUT2D eigenvalue weighted by Crippen LogP contribution is 2.41. The highest BCUT2D eigenvalue weighted by atomic mass is 32.3. The fourth-order valence-electron chi connectivity index (χ4n) is 13.0. The predicted molar refractivity (Wildman–Crippen MR) is 355 cm³/mol. The van der Waals surface area contributed by atoms with E-state index in [1.807, 2.05) is 30.3 Å². The van der Waals surface area contributed by atoms with Gasteiger partial charge in [-0.1, -0.05) is 134 Å². The normalized spacial score (nSPS) is 36.1. The molecule has 0 spiro atoms. The largest absolute Gasteiger partial charge is 0.397 e. The van der Waals surface area contributed by atoms with Crippen LogP contribution in [0.4, 0.5) is 0 Å². The Kier molecular flexibility index (Phi) is 30.8. The lowest BCUT2D eigenvalue weighted by molar-refractivity contribution is -0.364. The standard InChI is InChI=1S/C63H85N9O30S3/c1-6-7-17-24-85-58-46(67-70-64)35(3)53(43(95-58)31-92-103(76,77)78)101-62-50(74)56(87-27-39-20-13-9-14-21-39)41(29-90-62)97-60-48(69-72-66)37(5)55(45(99-60)33-94-105(82,83)84)102-63-51(75)57(88-28-40-22-15-10-16-23-40)42(30-91-63)96-59-47(68-71-65)36(4)54(44(98-59)32-93-104(79,80)81)100-61-49(73)52(34(2)25-89-61)86-26-38-18-11-8-12-19-38/h1,8-16,18-23,34-37,41-63,73-75H,7,17,24-33H2,2-5H3,(H,76,77,78)(H,79,80,81)(H,82,83,84)/t34-,35+,36+,37+,41-,42-,43?,44?,45?,46?,47?,48?,49?,50?,51?,52+,53+,54+,55+,56+,57+,58+,59+,60+,61-,62-,63-/m0/s1. The van der Waals surface area contributed by atoms with Crippen molar-refractivity contribution in [3.63, 3.8) is 0 Å². The number of aliphatic hydroxyl groups excluding tert-OH is 3. The van der Waals surface area contributed by atoms with Gasteiger partial charge in [-0.2, -0.15) is 25.3 Å². The van der Waals surface area contributed by atoms with E-state index in [2.05, 4.69) is 36.0 Å². The van der Waals surface area contributed by atoms with Crippen LogP contribution >= 0.6 is 0 Å². The highest BCUT2D eigenvalue weighted by Gasteiger charge is 2.56. The molecule has 580 valence electrons. The summed E-state index contributed by atoms with van der Waals surface area (Å²) in [7, 11) is -15.5. The zero-order chi connectivity index (χ0) is 75.6. The molecule has 6 aliphatic rings. The van der Waals surface area contributed by atoms with E-state index < -0.39 is 223 Å². The second-order valence-electron chi connectivity index (χ2n) is 25.6. The molecule has 9 unspecified atom stereocenters. The summed E-state index contributed by atoms with van der Waals surface area (Å²) in [5.41, 5.74) is 31.8. The minimum absolute atomic E-state index is 0.0157. The zero-order valence-corrected chi connectivity index (χ0v) is 59.5. The number of nitrogens with zero attached hydrogens (tertiary/aromatic N) is 9. The summed E-state index contributed by atoms with van der Waals surface area (Å²) in [6.45, 7) is 2.11. The van der Waals surface area contributed by atoms with E-state index in [-0.39, 0.29) is 39.0 Å². The molecule has 3 aromatic rings. The van der Waals surface area contributed by atoms with Crippen LogP contribution < -0.4 is 0 Å². The van der Waals surface area contributed by atoms with Crippen molar-refractivity contribution in [2.45, 2.75) is 202 Å². The van der Waals surface area contributed by atoms with Crippen molar-refractivity contribution in [1.29, 1.82) is 0 Å². The van der Waals surface area contributed by atoms with Crippen LogP contribution in [0, 0.1) is 36.0 Å². The molecule has 3 aromatic carbocycles. The molecule has 0 saturated carbocycles. The van der Waals surface area contributed by atoms with Gasteiger partial charge in [0, 0.05) is 27.1 Å². The van der Waals surface area contributed by atoms with Crippen molar-refractivity contribution in [2.24, 2.45) is 39.0 Å². The third-order valence-corrected chi connectivity index (χ3v) is 19.6. The third-order valence-electron chi connectivity index (χ3n) is 18.3. The molecule has 42 heteroatoms. The molecule has 0 aromatic heterocycles. The molecule has 6 N–H and O–H groups in total. The Balaban J connectivity index is 0.955. The molecular weight excluding hydrogens is 1460 g/mol. The second-order valence-corrected chi connectivity index (χ2v) is 28.9. The van der Waals surface area contributed by atoms with Crippen LogP contribution in [0.3, 0.4) is 0 Å². The van der Waals surface area contributed by atoms with E-state index in [1.165, 1.54) is 6.92 Å². The van der Waals surface area contributed by atoms with Gasteiger partial charge in [0.1, 0.15) is 61.0 Å². The van der Waals surface area contributed by atoms with Gasteiger partial charge in [-0.3, -0.25) is 13.7 Å². The number of azide groups is 3. The maximum Gasteiger partial charge on any atom is 0.397 e. The minimum Gasteiger partial charge on any atom is -0.385 e. The molecule has 6 aliphatic heterocycles. The average Bonchev–Trinajstić information content (AvgIpc) is 0.777. The van der Waals surface area contributed by atoms with Crippen molar-refractivity contribution in [3.05, 3.63) is 139 Å². The Labute approximate surface area is 604 Å². The first-order valence-corrected chi connectivity index (χ1v) is 37.4. The number of hydrogen-bond donors (Lipinski definition) is 6. The van der Waals surface area contributed by atoms with Gasteiger partial charge in [-0.25, -0.2) is 12.5 Å². The van der Waals surface area contributed by atoms with Crippen molar-refractivity contribution < 1.29 is 138 Å². The Bertz CT molecular complexity index is 3780. The van der Waals surface area contributed by atoms with Crippen molar-refractivity contribution in [3.8, 4) is 12.3 Å². The molecule has 27 atom stereocenters. The van der Waals surface area contributed by atoms with Gasteiger partial charge in [0.25, 0.3) is 0 Å². The van der Waals surface area contributed by atoms with Crippen LogP contribution in [0.15, 0.2) is 106 Å². The van der Waals surface area contributed by atoms with Crippen molar-refractivity contribution in [2.75, 3.05) is 46.2 Å². The summed E-state index contributed by atoms with van der Waals surface area (Å²) >= 11 is 0. The molecule has 6 saturated heterocycles. The molecule has 0 amide bonds. The summed E-state index contributed by atoms with van der Waals surface area (Å²) in [5.74, 6) is -1.03. The van der Waals surface area contributed by atoms with Gasteiger partial charge in [-0.15, -0.1) is 12.3 Å². The molecule has 6 heterocycles. The second kappa shape index (κ2) is 38.9. The summed E-state index contributed by atoms with van der Waals surface area (Å²) in [6.07, 6.45) is -24.5. The lowest BCUT2D eigenvalue weighted by Gasteiger charge is -2.50. The first-order valence-electron chi connectivity index (χ1n) is 33.3. The van der Waals surface area contributed by atoms with E-state index in [0.29, 0.717) is 24.0 Å². The quantitative estimate of drug-likeness (QED) is 0.0118. The fraction of sp³-hybridized carbons (Fsp3) is 0.683. The van der Waals surface area contributed by atoms with Gasteiger partial charge in [-0.05, 0) is 57.5 Å². The van der Waals surface area contributed by atoms with E-state index in [4.69, 9.17) is 90.0 Å². The third kappa shape index (κ3) is 23.3. The van der Waals surface area contributed by atoms with Gasteiger partial charge >= 0.3 is 31.2 Å². The van der Waals surface area contributed by atoms with Gasteiger partial charge in [0.2, 0.25) is 0 Å². The minimum atomic E-state index is -5.28. The van der Waals surface area contributed by atoms with Crippen LogP contribution in [-0.2, 0) is 135 Å². The Morgan fingerprint density at radius 3 is 1.12 bits per heavy atom. The topological polar surface area (TPSA) is 536 Å². The fourth-order valence-corrected chi connectivity index (χ4v) is 14.0. The average molecular weight is 1540 g/mol. The summed E-state index contributed by atoms with van der Waals surface area (Å²) < 4.78 is 211. The first-order chi connectivity index (χ1) is 50.2. The Morgan fingerprint density at radius 1 is 0.457 bits per heavy atom. The Morgan fingerprint density at radius 2 is 0.781 bits per heavy atom. The number of aliphatic hydroxyl groups is 3. The molecule has 0 radical (unpaired) electrons. The van der Waals surface area contributed by atoms with Crippen LogP contribution in [-0.4, -0.2) is 242 Å². The number of unbranched alkanes of at least 4 members (excludes halogenated alkanes) is 1. The Hall–Kier alpha value is -5.96. The number of hydrogen-bond acceptors (Lipinski definition) is 30. The van der Waals surface area contributed by atoms with Crippen molar-refractivity contribution in [1.82, 2.24) is 0 Å². The van der Waals surface area contributed by atoms with Crippen LogP contribution in [0.2, 0.25) is 0 Å². The number of terminal acetylenes is 1. The van der Waals surface area contributed by atoms with Gasteiger partial charge < -0.3 is 86.4 Å². The van der Waals surface area contributed by atoms with Crippen molar-refractivity contribution >= 4 is 31.2 Å². The number of ether oxygens (including phenoxy) is 15. The summed E-state index contributed by atoms with van der Waals surface area (Å²) in [5, 5.41) is 48.4. The molecular formula is C63H85N9O30S3. The van der Waals surface area contributed by atoms with Crippen LogP contribution in [0.1, 0.15) is 57.2 Å². The number of benzene rings is 3. The van der Waals surface area contributed by atoms with Gasteiger partial charge in [0.05, 0.1) is 109 Å². The van der Waals surface area contributed by atoms with E-state index in [9.17, 15) is 70.8 Å². The SMILES string of the molecule is C#CCCCO[C@@H]1OC(COS(=O)(=O)O)[C@H](O[C@@H]2OC[C@H](O[C@@H]3OC(COS(=O)(=O)O)[C@H](O[C@@H]4OC[C@H](O[C@@H]5OC(COS(=O)(=O)O)[C@H](O[C@@H]6OC[C@H](C)[C@@H](OCc7ccccc7)C6O)[C@H](C)C5N=[N+]=[N-])[C@@H](OCc5ccccc5)C4O)[C@H](C)C3N=[N+]=[N-])[C@@H](OCc3ccccc3)C2O)[C@H](C)C1N=[N+]=[N-]. The maximum atomic E-state index is 12.5. The van der Waals surface area contributed by atoms with E-state index >= 15 is 0 Å². The summed E-state index contributed by atoms with van der Waals surface area (Å²) in [6, 6.07) is 22.3. The van der Waals surface area contributed by atoms with Crippen LogP contribution in [0.5, 0.6) is 0 Å². The monoisotopic (exact) mass is 1540 g/mol. The lowest BCUT2D eigenvalue weighted by atomic mass is 9.88. The lowest BCUT2D eigenvalue weighted by Crippen LogP contribution is -2.64. The number of rotatable bonds is 35. The smallest absolute Gasteiger partial charge is 0.385 e. The molecule has 9 rings (SSSR count). The molecule has 0 bridgehead atoms. The van der Waals surface area contributed by atoms with E-state index in [0.717, 1.165) is 5.56 Å². The van der Waals surface area contributed by atoms with E-state index in [1.54, 1.807) is 81.4 Å². The zero-order valence-electron chi connectivity index (χ0n) is 57.0. The molecule has 6 fully saturated rings. The highest BCUT2D eigenvalue weighted by molar-refractivity contribution is 7.81. The molecule has 0 aliphatic carbocycles. The molecule has 105 heavy (non-hydrogen) atoms.